The highest BCUT2D eigenvalue weighted by Crippen LogP contribution is 2.27. The normalized spacial score (nSPS) is 12.8. The van der Waals surface area contributed by atoms with Crippen molar-refractivity contribution in [1.29, 1.82) is 0 Å². The van der Waals surface area contributed by atoms with Gasteiger partial charge in [-0.05, 0) is 41.6 Å². The van der Waals surface area contributed by atoms with Gasteiger partial charge in [0.1, 0.15) is 5.75 Å². The summed E-state index contributed by atoms with van der Waals surface area (Å²) in [6, 6.07) is 6.94. The standard InChI is InChI=1S/C21H24ClN3O4S/c1-24(13-19(26)23-16-11-15(22)3-4-17(16)29-2)20(27)5-6-21(28)25-9-7-18-14(12-25)8-10-30-18/h3-4,8,10-11H,5-7,9,12-13H2,1-2H3,(H,23,26). The van der Waals surface area contributed by atoms with Crippen molar-refractivity contribution in [3.63, 3.8) is 0 Å². The summed E-state index contributed by atoms with van der Waals surface area (Å²) in [7, 11) is 3.03. The number of fused-ring (bicyclic) bond motifs is 1. The largest absolute Gasteiger partial charge is 0.495 e. The molecule has 0 unspecified atom stereocenters. The first kappa shape index (κ1) is 22.1. The average molecular weight is 450 g/mol. The molecule has 30 heavy (non-hydrogen) atoms. The van der Waals surface area contributed by atoms with Crippen LogP contribution < -0.4 is 10.1 Å². The molecule has 2 heterocycles. The van der Waals surface area contributed by atoms with Gasteiger partial charge in [-0.1, -0.05) is 11.6 Å². The molecule has 0 bridgehead atoms. The molecule has 1 aromatic heterocycles. The van der Waals surface area contributed by atoms with Crippen LogP contribution in [-0.4, -0.2) is 54.8 Å². The summed E-state index contributed by atoms with van der Waals surface area (Å²) in [6.07, 6.45) is 1.06. The van der Waals surface area contributed by atoms with E-state index in [1.54, 1.807) is 41.5 Å². The maximum absolute atomic E-state index is 12.5. The third kappa shape index (κ3) is 5.52. The quantitative estimate of drug-likeness (QED) is 0.704. The molecule has 3 rings (SSSR count). The fraction of sp³-hybridized carbons (Fsp3) is 0.381. The predicted octanol–water partition coefficient (Wildman–Crippen LogP) is 3.17. The van der Waals surface area contributed by atoms with Gasteiger partial charge < -0.3 is 19.9 Å². The van der Waals surface area contributed by atoms with Gasteiger partial charge in [-0.15, -0.1) is 11.3 Å². The van der Waals surface area contributed by atoms with Gasteiger partial charge in [0.05, 0.1) is 19.3 Å². The van der Waals surface area contributed by atoms with Crippen LogP contribution in [-0.2, 0) is 27.3 Å². The van der Waals surface area contributed by atoms with Gasteiger partial charge in [0, 0.05) is 42.9 Å². The zero-order chi connectivity index (χ0) is 21.7. The number of carbonyl (C=O) groups is 3. The van der Waals surface area contributed by atoms with Crippen LogP contribution in [0.4, 0.5) is 5.69 Å². The molecule has 2 aromatic rings. The van der Waals surface area contributed by atoms with Crippen LogP contribution in [0, 0.1) is 0 Å². The monoisotopic (exact) mass is 449 g/mol. The van der Waals surface area contributed by atoms with Crippen LogP contribution >= 0.6 is 22.9 Å². The molecule has 0 aliphatic carbocycles. The number of anilines is 1. The van der Waals surface area contributed by atoms with E-state index >= 15 is 0 Å². The van der Waals surface area contributed by atoms with Crippen LogP contribution in [0.25, 0.3) is 0 Å². The fourth-order valence-electron chi connectivity index (χ4n) is 3.30. The Balaban J connectivity index is 1.46. The number of rotatable bonds is 7. The minimum absolute atomic E-state index is 0.0401. The van der Waals surface area contributed by atoms with Gasteiger partial charge >= 0.3 is 0 Å². The molecule has 1 aliphatic heterocycles. The smallest absolute Gasteiger partial charge is 0.244 e. The Labute approximate surface area is 184 Å². The van der Waals surface area contributed by atoms with E-state index in [0.717, 1.165) is 6.42 Å². The maximum atomic E-state index is 12.5. The van der Waals surface area contributed by atoms with E-state index in [0.29, 0.717) is 29.5 Å². The van der Waals surface area contributed by atoms with Gasteiger partial charge in [0.15, 0.2) is 0 Å². The number of carbonyl (C=O) groups excluding carboxylic acids is 3. The lowest BCUT2D eigenvalue weighted by atomic mass is 10.1. The Morgan fingerprint density at radius 1 is 1.27 bits per heavy atom. The van der Waals surface area contributed by atoms with E-state index in [-0.39, 0.29) is 37.1 Å². The predicted molar refractivity (Wildman–Crippen MR) is 117 cm³/mol. The highest BCUT2D eigenvalue weighted by molar-refractivity contribution is 7.10. The number of halogens is 1. The highest BCUT2D eigenvalue weighted by Gasteiger charge is 2.23. The average Bonchev–Trinajstić information content (AvgIpc) is 3.19. The van der Waals surface area contributed by atoms with Gasteiger partial charge in [-0.25, -0.2) is 0 Å². The number of methoxy groups -OCH3 is 1. The van der Waals surface area contributed by atoms with Gasteiger partial charge in [-0.3, -0.25) is 14.4 Å². The first-order valence-corrected chi connectivity index (χ1v) is 10.8. The Bertz CT molecular complexity index is 946. The molecule has 9 heteroatoms. The van der Waals surface area contributed by atoms with E-state index in [1.165, 1.54) is 22.5 Å². The Kier molecular flexibility index (Phi) is 7.33. The van der Waals surface area contributed by atoms with E-state index in [9.17, 15) is 14.4 Å². The SMILES string of the molecule is COc1ccc(Cl)cc1NC(=O)CN(C)C(=O)CCC(=O)N1CCc2sccc2C1. The first-order valence-electron chi connectivity index (χ1n) is 9.57. The van der Waals surface area contributed by atoms with Crippen molar-refractivity contribution < 1.29 is 19.1 Å². The van der Waals surface area contributed by atoms with E-state index in [1.807, 2.05) is 11.4 Å². The minimum atomic E-state index is -0.376. The number of hydrogen-bond acceptors (Lipinski definition) is 5. The second kappa shape index (κ2) is 9.95. The summed E-state index contributed by atoms with van der Waals surface area (Å²) in [5, 5.41) is 5.20. The number of hydrogen-bond donors (Lipinski definition) is 1. The summed E-state index contributed by atoms with van der Waals surface area (Å²) >= 11 is 7.68. The zero-order valence-corrected chi connectivity index (χ0v) is 18.5. The molecule has 1 N–H and O–H groups in total. The minimum Gasteiger partial charge on any atom is -0.495 e. The molecule has 0 spiro atoms. The van der Waals surface area contributed by atoms with Crippen molar-refractivity contribution in [1.82, 2.24) is 9.80 Å². The lowest BCUT2D eigenvalue weighted by Gasteiger charge is -2.27. The number of thiophene rings is 1. The molecule has 1 aromatic carbocycles. The molecule has 0 saturated heterocycles. The third-order valence-corrected chi connectivity index (χ3v) is 6.21. The zero-order valence-electron chi connectivity index (χ0n) is 16.9. The highest BCUT2D eigenvalue weighted by atomic mass is 35.5. The molecule has 160 valence electrons. The number of ether oxygens (including phenoxy) is 1. The topological polar surface area (TPSA) is 79.0 Å². The van der Waals surface area contributed by atoms with Crippen molar-refractivity contribution in [3.8, 4) is 5.75 Å². The van der Waals surface area contributed by atoms with Crippen LogP contribution in [0.1, 0.15) is 23.3 Å². The number of benzene rings is 1. The van der Waals surface area contributed by atoms with Crippen LogP contribution in [0.2, 0.25) is 5.02 Å². The number of amides is 3. The van der Waals surface area contributed by atoms with Crippen molar-refractivity contribution in [2.24, 2.45) is 0 Å². The molecular formula is C21H24ClN3O4S. The van der Waals surface area contributed by atoms with Crippen molar-refractivity contribution in [2.45, 2.75) is 25.8 Å². The van der Waals surface area contributed by atoms with Crippen LogP contribution in [0.5, 0.6) is 5.75 Å². The summed E-state index contributed by atoms with van der Waals surface area (Å²) in [6.45, 7) is 1.15. The molecule has 7 nitrogen and oxygen atoms in total. The molecule has 0 fully saturated rings. The molecular weight excluding hydrogens is 426 g/mol. The Morgan fingerprint density at radius 3 is 2.83 bits per heavy atom. The number of likely N-dealkylation sites (N-methyl/N-ethyl adjacent to an activating group) is 1. The fourth-order valence-corrected chi connectivity index (χ4v) is 4.36. The number of nitrogens with one attached hydrogen (secondary N) is 1. The van der Waals surface area contributed by atoms with E-state index in [2.05, 4.69) is 5.32 Å². The van der Waals surface area contributed by atoms with Crippen molar-refractivity contribution >= 4 is 46.3 Å². The molecule has 0 atom stereocenters. The van der Waals surface area contributed by atoms with E-state index < -0.39 is 0 Å². The van der Waals surface area contributed by atoms with Gasteiger partial charge in [0.2, 0.25) is 17.7 Å². The van der Waals surface area contributed by atoms with Gasteiger partial charge in [0.25, 0.3) is 0 Å². The lowest BCUT2D eigenvalue weighted by Crippen LogP contribution is -2.38. The second-order valence-electron chi connectivity index (χ2n) is 7.08. The van der Waals surface area contributed by atoms with Gasteiger partial charge in [-0.2, -0.15) is 0 Å². The summed E-state index contributed by atoms with van der Waals surface area (Å²) in [4.78, 5) is 41.6. The molecule has 0 radical (unpaired) electrons. The van der Waals surface area contributed by atoms with E-state index in [4.69, 9.17) is 16.3 Å². The van der Waals surface area contributed by atoms with Crippen LogP contribution in [0.15, 0.2) is 29.6 Å². The molecule has 0 saturated carbocycles. The number of nitrogens with zero attached hydrogens (tertiary/aromatic N) is 2. The molecule has 3 amide bonds. The first-order chi connectivity index (χ1) is 14.4. The summed E-state index contributed by atoms with van der Waals surface area (Å²) in [5.74, 6) is -0.201. The van der Waals surface area contributed by atoms with Crippen LogP contribution in [0.3, 0.4) is 0 Å². The summed E-state index contributed by atoms with van der Waals surface area (Å²) < 4.78 is 5.20. The van der Waals surface area contributed by atoms with Crippen molar-refractivity contribution in [3.05, 3.63) is 45.1 Å². The van der Waals surface area contributed by atoms with Crippen molar-refractivity contribution in [2.75, 3.05) is 32.6 Å². The maximum Gasteiger partial charge on any atom is 0.244 e. The lowest BCUT2D eigenvalue weighted by molar-refractivity contribution is -0.137. The second-order valence-corrected chi connectivity index (χ2v) is 8.51. The summed E-state index contributed by atoms with van der Waals surface area (Å²) in [5.41, 5.74) is 1.63. The third-order valence-electron chi connectivity index (χ3n) is 4.96. The molecule has 1 aliphatic rings. The Hall–Kier alpha value is -2.58. The Morgan fingerprint density at radius 2 is 2.07 bits per heavy atom.